The molecule has 1 aliphatic heterocycles. The SMILES string of the molecule is COc1cc(OC)nc(C(c2ccccc2)N2CCN(C(=O)c3ccc(C(=O)C(F)(F)F)s3)CC2)n1.O=C(O)C(F)(F)F. The first kappa shape index (κ1) is 33.3. The van der Waals surface area contributed by atoms with E-state index >= 15 is 0 Å². The zero-order valence-corrected chi connectivity index (χ0v) is 23.3. The lowest BCUT2D eigenvalue weighted by atomic mass is 10.0. The van der Waals surface area contributed by atoms with Gasteiger partial charge >= 0.3 is 18.3 Å². The normalized spacial score (nSPS) is 14.7. The number of nitrogens with zero attached hydrogens (tertiary/aromatic N) is 4. The van der Waals surface area contributed by atoms with Crippen LogP contribution in [0.4, 0.5) is 26.3 Å². The molecule has 1 aliphatic rings. The number of carbonyl (C=O) groups excluding carboxylic acids is 2. The van der Waals surface area contributed by atoms with Crippen molar-refractivity contribution in [3.05, 3.63) is 69.7 Å². The van der Waals surface area contributed by atoms with E-state index in [2.05, 4.69) is 14.9 Å². The third-order valence-corrected chi connectivity index (χ3v) is 7.05. The van der Waals surface area contributed by atoms with Crippen LogP contribution >= 0.6 is 11.3 Å². The summed E-state index contributed by atoms with van der Waals surface area (Å²) in [6.45, 7) is 1.61. The molecule has 0 radical (unpaired) electrons. The zero-order chi connectivity index (χ0) is 31.9. The minimum Gasteiger partial charge on any atom is -0.481 e. The van der Waals surface area contributed by atoms with Gasteiger partial charge in [0.15, 0.2) is 5.82 Å². The molecule has 1 unspecified atom stereocenters. The zero-order valence-electron chi connectivity index (χ0n) is 22.5. The molecule has 10 nitrogen and oxygen atoms in total. The monoisotopic (exact) mass is 634 g/mol. The van der Waals surface area contributed by atoms with Crippen molar-refractivity contribution < 1.29 is 55.3 Å². The lowest BCUT2D eigenvalue weighted by molar-refractivity contribution is -0.192. The van der Waals surface area contributed by atoms with Crippen LogP contribution in [0.3, 0.4) is 0 Å². The Bertz CT molecular complexity index is 1400. The summed E-state index contributed by atoms with van der Waals surface area (Å²) >= 11 is 0.556. The molecular weight excluding hydrogens is 610 g/mol. The minimum atomic E-state index is -5.08. The van der Waals surface area contributed by atoms with Crippen LogP contribution in [0, 0.1) is 0 Å². The van der Waals surface area contributed by atoms with Crippen molar-refractivity contribution in [1.29, 1.82) is 0 Å². The fourth-order valence-electron chi connectivity index (χ4n) is 3.96. The van der Waals surface area contributed by atoms with E-state index in [1.807, 2.05) is 30.3 Å². The number of Topliss-reactive ketones (excluding diaryl/α,β-unsaturated/α-hetero) is 1. The molecule has 1 N–H and O–H groups in total. The first-order chi connectivity index (χ1) is 20.1. The summed E-state index contributed by atoms with van der Waals surface area (Å²) in [5, 5.41) is 7.12. The standard InChI is InChI=1S/C24H23F3N4O4S.C2HF3O2/c1-34-18-14-19(35-2)29-22(28-18)20(15-6-4-3-5-7-15)30-10-12-31(13-11-30)23(33)17-9-8-16(36-17)21(32)24(25,26)27;3-2(4,5)1(6)7/h3-9,14,20H,10-13H2,1-2H3;(H,6,7). The van der Waals surface area contributed by atoms with E-state index in [1.165, 1.54) is 20.3 Å². The van der Waals surface area contributed by atoms with Crippen molar-refractivity contribution in [3.8, 4) is 11.8 Å². The molecule has 4 rings (SSSR count). The van der Waals surface area contributed by atoms with Gasteiger partial charge in [-0.1, -0.05) is 30.3 Å². The van der Waals surface area contributed by atoms with E-state index in [9.17, 15) is 35.9 Å². The Balaban J connectivity index is 0.000000646. The van der Waals surface area contributed by atoms with Gasteiger partial charge in [-0.15, -0.1) is 11.3 Å². The summed E-state index contributed by atoms with van der Waals surface area (Å²) in [5.74, 6) is -3.92. The van der Waals surface area contributed by atoms with Gasteiger partial charge in [-0.05, 0) is 17.7 Å². The summed E-state index contributed by atoms with van der Waals surface area (Å²) in [6.07, 6.45) is -10.1. The summed E-state index contributed by atoms with van der Waals surface area (Å²) in [7, 11) is 3.01. The molecule has 0 aliphatic carbocycles. The number of methoxy groups -OCH3 is 2. The van der Waals surface area contributed by atoms with E-state index in [4.69, 9.17) is 19.4 Å². The third-order valence-electron chi connectivity index (χ3n) is 5.98. The number of rotatable bonds is 7. The second-order valence-corrected chi connectivity index (χ2v) is 9.83. The van der Waals surface area contributed by atoms with Gasteiger partial charge in [0.2, 0.25) is 11.8 Å². The van der Waals surface area contributed by atoms with Crippen LogP contribution in [-0.4, -0.2) is 95.3 Å². The van der Waals surface area contributed by atoms with Gasteiger partial charge in [0.05, 0.1) is 36.1 Å². The number of benzene rings is 1. The van der Waals surface area contributed by atoms with E-state index in [0.29, 0.717) is 55.1 Å². The number of aliphatic carboxylic acids is 1. The van der Waals surface area contributed by atoms with Gasteiger partial charge in [0.25, 0.3) is 11.7 Å². The Hall–Kier alpha value is -4.25. The van der Waals surface area contributed by atoms with Crippen LogP contribution in [0.1, 0.15) is 36.8 Å². The maximum Gasteiger partial charge on any atom is 0.490 e. The third kappa shape index (κ3) is 8.63. The number of piperazine rings is 1. The van der Waals surface area contributed by atoms with E-state index in [1.54, 1.807) is 11.0 Å². The highest BCUT2D eigenvalue weighted by Gasteiger charge is 2.41. The van der Waals surface area contributed by atoms with E-state index in [-0.39, 0.29) is 10.9 Å². The molecule has 1 atom stereocenters. The average molecular weight is 635 g/mol. The van der Waals surface area contributed by atoms with Crippen molar-refractivity contribution in [3.63, 3.8) is 0 Å². The smallest absolute Gasteiger partial charge is 0.481 e. The molecule has 0 spiro atoms. The fraction of sp³-hybridized carbons (Fsp3) is 0.346. The Kier molecular flexibility index (Phi) is 10.7. The minimum absolute atomic E-state index is 0.0940. The number of hydrogen-bond acceptors (Lipinski definition) is 9. The number of hydrogen-bond donors (Lipinski definition) is 1. The van der Waals surface area contributed by atoms with Crippen molar-refractivity contribution >= 4 is 29.0 Å². The summed E-state index contributed by atoms with van der Waals surface area (Å²) in [6, 6.07) is 13.2. The van der Waals surface area contributed by atoms with Crippen LogP contribution in [-0.2, 0) is 4.79 Å². The molecule has 1 aromatic carbocycles. The number of ketones is 1. The number of alkyl halides is 6. The number of carboxylic acids is 1. The van der Waals surface area contributed by atoms with Crippen molar-refractivity contribution in [2.24, 2.45) is 0 Å². The van der Waals surface area contributed by atoms with Gasteiger partial charge < -0.3 is 19.5 Å². The molecule has 43 heavy (non-hydrogen) atoms. The van der Waals surface area contributed by atoms with Crippen LogP contribution in [0.25, 0.3) is 0 Å². The number of carbonyl (C=O) groups is 3. The molecule has 3 heterocycles. The Morgan fingerprint density at radius 2 is 1.35 bits per heavy atom. The van der Waals surface area contributed by atoms with Crippen LogP contribution in [0.15, 0.2) is 48.5 Å². The van der Waals surface area contributed by atoms with Gasteiger partial charge in [-0.3, -0.25) is 14.5 Å². The Morgan fingerprint density at radius 3 is 1.81 bits per heavy atom. The van der Waals surface area contributed by atoms with E-state index < -0.39 is 34.9 Å². The largest absolute Gasteiger partial charge is 0.490 e. The lowest BCUT2D eigenvalue weighted by Crippen LogP contribution is -2.50. The number of aromatic nitrogens is 2. The summed E-state index contributed by atoms with van der Waals surface area (Å²) in [5.41, 5.74) is 0.946. The molecule has 2 aromatic heterocycles. The fourth-order valence-corrected chi connectivity index (χ4v) is 4.90. The van der Waals surface area contributed by atoms with Crippen molar-refractivity contribution in [2.75, 3.05) is 40.4 Å². The topological polar surface area (TPSA) is 122 Å². The molecular formula is C26H24F6N4O6S. The first-order valence-corrected chi connectivity index (χ1v) is 13.0. The second-order valence-electron chi connectivity index (χ2n) is 8.75. The number of carboxylic acid groups (broad SMARTS) is 1. The predicted octanol–water partition coefficient (Wildman–Crippen LogP) is 4.48. The molecule has 17 heteroatoms. The summed E-state index contributed by atoms with van der Waals surface area (Å²) in [4.78, 5) is 45.7. The number of halogens is 6. The predicted molar refractivity (Wildman–Crippen MR) is 139 cm³/mol. The van der Waals surface area contributed by atoms with Gasteiger partial charge in [0.1, 0.15) is 0 Å². The number of amides is 1. The number of ether oxygens (including phenoxy) is 2. The maximum atomic E-state index is 12.9. The van der Waals surface area contributed by atoms with Gasteiger partial charge in [-0.2, -0.15) is 36.3 Å². The average Bonchev–Trinajstić information content (AvgIpc) is 3.47. The van der Waals surface area contributed by atoms with E-state index in [0.717, 1.165) is 11.6 Å². The first-order valence-electron chi connectivity index (χ1n) is 12.2. The maximum absolute atomic E-state index is 12.9. The molecule has 232 valence electrons. The van der Waals surface area contributed by atoms with Crippen molar-refractivity contribution in [2.45, 2.75) is 18.4 Å². The molecule has 1 saturated heterocycles. The quantitative estimate of drug-likeness (QED) is 0.296. The van der Waals surface area contributed by atoms with Crippen LogP contribution in [0.5, 0.6) is 11.8 Å². The molecule has 3 aromatic rings. The van der Waals surface area contributed by atoms with Gasteiger partial charge in [0, 0.05) is 26.2 Å². The van der Waals surface area contributed by atoms with Crippen LogP contribution in [0.2, 0.25) is 0 Å². The highest BCUT2D eigenvalue weighted by atomic mass is 32.1. The highest BCUT2D eigenvalue weighted by Crippen LogP contribution is 2.31. The Labute approximate surface area is 244 Å². The molecule has 0 bridgehead atoms. The highest BCUT2D eigenvalue weighted by molar-refractivity contribution is 7.16. The lowest BCUT2D eigenvalue weighted by Gasteiger charge is -2.38. The van der Waals surface area contributed by atoms with Crippen LogP contribution < -0.4 is 9.47 Å². The molecule has 0 saturated carbocycles. The van der Waals surface area contributed by atoms with Crippen molar-refractivity contribution in [1.82, 2.24) is 19.8 Å². The molecule has 1 amide bonds. The number of thiophene rings is 1. The molecule has 1 fully saturated rings. The summed E-state index contributed by atoms with van der Waals surface area (Å²) < 4.78 is 80.5. The Morgan fingerprint density at radius 1 is 0.837 bits per heavy atom. The van der Waals surface area contributed by atoms with Gasteiger partial charge in [-0.25, -0.2) is 4.79 Å². The second kappa shape index (κ2) is 13.8.